The van der Waals surface area contributed by atoms with Gasteiger partial charge in [0.25, 0.3) is 0 Å². The van der Waals surface area contributed by atoms with Crippen molar-refractivity contribution in [1.29, 1.82) is 0 Å². The fraction of sp³-hybridized carbons (Fsp3) is 0.500. The molecule has 2 amide bonds. The van der Waals surface area contributed by atoms with Gasteiger partial charge in [-0.05, 0) is 84.5 Å². The number of benzene rings is 1. The first-order valence-electron chi connectivity index (χ1n) is 22.0. The maximum atomic E-state index is 16.2. The van der Waals surface area contributed by atoms with E-state index in [4.69, 9.17) is 35.5 Å². The first-order valence-corrected chi connectivity index (χ1v) is 22.0. The van der Waals surface area contributed by atoms with Gasteiger partial charge in [0.1, 0.15) is 47.5 Å². The van der Waals surface area contributed by atoms with Crippen molar-refractivity contribution in [1.82, 2.24) is 24.8 Å². The quantitative estimate of drug-likeness (QED) is 0.0655. The van der Waals surface area contributed by atoms with E-state index in [1.807, 2.05) is 0 Å². The van der Waals surface area contributed by atoms with Crippen LogP contribution in [-0.2, 0) is 37.2 Å². The van der Waals surface area contributed by atoms with Gasteiger partial charge in [-0.2, -0.15) is 0 Å². The number of likely N-dealkylation sites (tertiary alicyclic amines) is 1. The molecule has 1 N–H and O–H groups in total. The summed E-state index contributed by atoms with van der Waals surface area (Å²) in [6.45, 7) is 23.6. The smallest absolute Gasteiger partial charge is 0.414 e. The third kappa shape index (κ3) is 9.39. The summed E-state index contributed by atoms with van der Waals surface area (Å²) >= 11 is 0. The van der Waals surface area contributed by atoms with Crippen molar-refractivity contribution < 1.29 is 42.5 Å². The number of aryl methyl sites for hydroxylation is 1. The molecular formula is C48H57FN8O9. The Hall–Kier alpha value is -6.61. The number of nitrogens with zero attached hydrogens (tertiary/aromatic N) is 7. The summed E-state index contributed by atoms with van der Waals surface area (Å²) < 4.78 is 39.4. The Morgan fingerprint density at radius 3 is 2.35 bits per heavy atom. The number of aromatic nitrogens is 3. The van der Waals surface area contributed by atoms with Crippen LogP contribution in [0.15, 0.2) is 35.5 Å². The van der Waals surface area contributed by atoms with E-state index >= 15 is 4.39 Å². The lowest BCUT2D eigenvalue weighted by atomic mass is 9.95. The largest absolute Gasteiger partial charge is 0.461 e. The molecule has 2 fully saturated rings. The molecule has 2 saturated heterocycles. The first kappa shape index (κ1) is 47.4. The van der Waals surface area contributed by atoms with E-state index in [-0.39, 0.29) is 53.9 Å². The average molecular weight is 909 g/mol. The zero-order valence-corrected chi connectivity index (χ0v) is 39.3. The highest BCUT2D eigenvalue weighted by molar-refractivity contribution is 6.04. The van der Waals surface area contributed by atoms with Gasteiger partial charge >= 0.3 is 24.1 Å². The minimum absolute atomic E-state index is 0.0811. The van der Waals surface area contributed by atoms with Crippen molar-refractivity contribution >= 4 is 52.2 Å². The Bertz CT molecular complexity index is 2730. The second-order valence-electron chi connectivity index (χ2n) is 19.5. The van der Waals surface area contributed by atoms with Crippen LogP contribution < -0.4 is 20.5 Å². The van der Waals surface area contributed by atoms with Gasteiger partial charge in [0.15, 0.2) is 0 Å². The molecule has 3 aromatic heterocycles. The van der Waals surface area contributed by atoms with Crippen LogP contribution >= 0.6 is 0 Å². The lowest BCUT2D eigenvalue weighted by molar-refractivity contribution is -0.148. The third-order valence-electron chi connectivity index (χ3n) is 11.9. The number of esters is 2. The number of carbonyl (C=O) groups excluding carboxylic acids is 4. The Labute approximate surface area is 383 Å². The standard InChI is InChI=1S/C48H57FN8O9/c1-25(2)38(53-45(61)65-47(3,4)5)44(60)64-16-15-63-43(59)31-23-55(11)42-29(41(31)58)17-27(20-52-42)30-21-51-33-18-28-34(56(12)46(62)66-48(6,7)8)19-32(49)39(50-9)36(28)37(33)40(30)57-14-13-26-22-54(10)24-35(26)57/h17,19-21,23,25-26,35,38H,13-16,18,22,24H2,1-8,10-12H3,(H,53,61)/t26-,35+,38-/m0/s1. The number of nitrogens with one attached hydrogen (secondary N) is 1. The van der Waals surface area contributed by atoms with Crippen molar-refractivity contribution in [2.75, 3.05) is 56.7 Å². The van der Waals surface area contributed by atoms with Crippen LogP contribution in [0.1, 0.15) is 83.4 Å². The summed E-state index contributed by atoms with van der Waals surface area (Å²) in [5, 5.41) is 2.64. The maximum absolute atomic E-state index is 16.2. The number of fused-ring (bicyclic) bond motifs is 5. The summed E-state index contributed by atoms with van der Waals surface area (Å²) in [4.78, 5) is 85.5. The van der Waals surface area contributed by atoms with E-state index in [0.29, 0.717) is 57.3 Å². The highest BCUT2D eigenvalue weighted by Crippen LogP contribution is 2.55. The van der Waals surface area contributed by atoms with Gasteiger partial charge in [-0.1, -0.05) is 13.8 Å². The zero-order valence-electron chi connectivity index (χ0n) is 39.3. The molecule has 4 aromatic rings. The number of anilines is 2. The van der Waals surface area contributed by atoms with E-state index in [0.717, 1.165) is 19.5 Å². The van der Waals surface area contributed by atoms with Crippen LogP contribution in [0, 0.1) is 24.2 Å². The van der Waals surface area contributed by atoms with E-state index in [1.165, 1.54) is 28.8 Å². The molecule has 350 valence electrons. The van der Waals surface area contributed by atoms with Gasteiger partial charge in [-0.15, -0.1) is 0 Å². The normalized spacial score (nSPS) is 17.2. The molecule has 0 unspecified atom stereocenters. The maximum Gasteiger partial charge on any atom is 0.414 e. The molecule has 0 saturated carbocycles. The minimum atomic E-state index is -1.02. The second kappa shape index (κ2) is 18.0. The van der Waals surface area contributed by atoms with Crippen LogP contribution in [0.25, 0.3) is 38.1 Å². The summed E-state index contributed by atoms with van der Waals surface area (Å²) in [7, 11) is 5.23. The highest BCUT2D eigenvalue weighted by atomic mass is 19.1. The molecule has 1 aliphatic carbocycles. The number of alkyl carbamates (subject to hydrolysis) is 1. The number of amides is 2. The van der Waals surface area contributed by atoms with Gasteiger partial charge in [0.2, 0.25) is 11.1 Å². The Morgan fingerprint density at radius 1 is 0.985 bits per heavy atom. The molecule has 5 heterocycles. The Kier molecular flexibility index (Phi) is 12.9. The van der Waals surface area contributed by atoms with Crippen molar-refractivity contribution in [2.45, 2.75) is 91.5 Å². The number of rotatable bonds is 10. The van der Waals surface area contributed by atoms with Crippen LogP contribution in [0.2, 0.25) is 0 Å². The molecule has 3 aliphatic rings. The lowest BCUT2D eigenvalue weighted by Gasteiger charge is -2.31. The van der Waals surface area contributed by atoms with Crippen molar-refractivity contribution in [3.8, 4) is 22.3 Å². The topological polar surface area (TPSA) is 179 Å². The molecule has 0 radical (unpaired) electrons. The molecule has 3 atom stereocenters. The van der Waals surface area contributed by atoms with Crippen molar-refractivity contribution in [3.05, 3.63) is 75.0 Å². The average Bonchev–Trinajstić information content (AvgIpc) is 3.92. The van der Waals surface area contributed by atoms with Crippen LogP contribution in [0.5, 0.6) is 0 Å². The third-order valence-corrected chi connectivity index (χ3v) is 11.9. The number of ether oxygens (including phenoxy) is 4. The molecule has 2 aliphatic heterocycles. The van der Waals surface area contributed by atoms with Crippen LogP contribution in [0.4, 0.5) is 31.0 Å². The lowest BCUT2D eigenvalue weighted by Crippen LogP contribution is -2.47. The first-order chi connectivity index (χ1) is 31.0. The number of pyridine rings is 3. The summed E-state index contributed by atoms with van der Waals surface area (Å²) in [6, 6.07) is 1.91. The van der Waals surface area contributed by atoms with E-state index in [9.17, 15) is 24.0 Å². The summed E-state index contributed by atoms with van der Waals surface area (Å²) in [5.74, 6) is -2.48. The molecule has 1 aromatic carbocycles. The zero-order chi connectivity index (χ0) is 48.2. The van der Waals surface area contributed by atoms with E-state index < -0.39 is 52.6 Å². The van der Waals surface area contributed by atoms with Crippen LogP contribution in [0.3, 0.4) is 0 Å². The molecule has 0 bridgehead atoms. The van der Waals surface area contributed by atoms with Crippen molar-refractivity contribution in [2.24, 2.45) is 18.9 Å². The van der Waals surface area contributed by atoms with Gasteiger partial charge in [0, 0.05) is 87.0 Å². The van der Waals surface area contributed by atoms with Gasteiger partial charge < -0.3 is 38.6 Å². The fourth-order valence-corrected chi connectivity index (χ4v) is 9.05. The number of halogens is 1. The molecular weight excluding hydrogens is 852 g/mol. The van der Waals surface area contributed by atoms with Gasteiger partial charge in [0.05, 0.1) is 29.0 Å². The van der Waals surface area contributed by atoms with Gasteiger partial charge in [-0.3, -0.25) is 14.7 Å². The molecule has 17 nitrogen and oxygen atoms in total. The highest BCUT2D eigenvalue weighted by Gasteiger charge is 2.44. The Balaban J connectivity index is 1.24. The number of carbonyl (C=O) groups is 4. The van der Waals surface area contributed by atoms with E-state index in [1.54, 1.807) is 80.9 Å². The monoisotopic (exact) mass is 908 g/mol. The number of likely N-dealkylation sites (N-methyl/N-ethyl adjacent to an activating group) is 1. The molecule has 7 rings (SSSR count). The second-order valence-corrected chi connectivity index (χ2v) is 19.5. The predicted molar refractivity (Wildman–Crippen MR) is 245 cm³/mol. The fourth-order valence-electron chi connectivity index (χ4n) is 9.05. The molecule has 18 heteroatoms. The molecule has 66 heavy (non-hydrogen) atoms. The summed E-state index contributed by atoms with van der Waals surface area (Å²) in [5.41, 5.74) is 1.75. The van der Waals surface area contributed by atoms with E-state index in [2.05, 4.69) is 27.0 Å². The number of hydrogen-bond donors (Lipinski definition) is 1. The molecule has 0 spiro atoms. The number of hydrogen-bond acceptors (Lipinski definition) is 13. The Morgan fingerprint density at radius 2 is 1.68 bits per heavy atom. The summed E-state index contributed by atoms with van der Waals surface area (Å²) in [6.07, 6.45) is 4.31. The van der Waals surface area contributed by atoms with Crippen LogP contribution in [-0.4, -0.2) is 114 Å². The van der Waals surface area contributed by atoms with Gasteiger partial charge in [-0.25, -0.2) is 33.4 Å². The van der Waals surface area contributed by atoms with Crippen molar-refractivity contribution in [3.63, 3.8) is 0 Å². The SMILES string of the molecule is [C-]#[N+]c1c(F)cc(N(C)C(=O)OC(C)(C)C)c2c1-c1c(ncc(-c3cnc4c(c3)c(=O)c(C(=O)OCCOC(=O)[C@@H](NC(=O)OC(C)(C)C)C(C)C)cn4C)c1N1CC[C@H]3CN(C)C[C@H]31)C2. The predicted octanol–water partition coefficient (Wildman–Crippen LogP) is 7.02. The minimum Gasteiger partial charge on any atom is -0.461 e.